The number of nitrogens with one attached hydrogen (secondary N) is 1. The Morgan fingerprint density at radius 1 is 1.39 bits per heavy atom. The van der Waals surface area contributed by atoms with Gasteiger partial charge in [0.05, 0.1) is 19.9 Å². The molecule has 0 unspecified atom stereocenters. The number of aromatic nitrogens is 2. The second-order valence-electron chi connectivity index (χ2n) is 3.78. The molecule has 0 bridgehead atoms. The lowest BCUT2D eigenvalue weighted by molar-refractivity contribution is 0.163. The molecule has 0 atom stereocenters. The summed E-state index contributed by atoms with van der Waals surface area (Å²) in [6.07, 6.45) is 1.52. The summed E-state index contributed by atoms with van der Waals surface area (Å²) >= 11 is 5.98. The highest BCUT2D eigenvalue weighted by Crippen LogP contribution is 2.19. The molecule has 6 nitrogen and oxygen atoms in total. The average molecular weight is 275 g/mol. The maximum Gasteiger partial charge on any atom is 0.318 e. The van der Waals surface area contributed by atoms with Crippen molar-refractivity contribution in [2.45, 2.75) is 0 Å². The fourth-order valence-corrected chi connectivity index (χ4v) is 1.46. The number of anilines is 1. The van der Waals surface area contributed by atoms with Gasteiger partial charge in [-0.25, -0.2) is 4.98 Å². The Balaban J connectivity index is 2.38. The van der Waals surface area contributed by atoms with Gasteiger partial charge in [0.25, 0.3) is 0 Å². The molecule has 0 amide bonds. The van der Waals surface area contributed by atoms with Crippen LogP contribution >= 0.6 is 11.6 Å². The third-order valence-corrected chi connectivity index (χ3v) is 2.64. The molecular formula is C11H19ClN4O2. The van der Waals surface area contributed by atoms with Gasteiger partial charge in [-0.3, -0.25) is 0 Å². The van der Waals surface area contributed by atoms with Crippen LogP contribution in [0.1, 0.15) is 0 Å². The first-order valence-electron chi connectivity index (χ1n) is 5.65. The van der Waals surface area contributed by atoms with Gasteiger partial charge in [0.2, 0.25) is 0 Å². The van der Waals surface area contributed by atoms with Crippen LogP contribution in [0.15, 0.2) is 6.20 Å². The van der Waals surface area contributed by atoms with E-state index in [1.165, 1.54) is 13.3 Å². The first-order chi connectivity index (χ1) is 8.67. The number of hydrogen-bond acceptors (Lipinski definition) is 6. The Labute approximate surface area is 112 Å². The van der Waals surface area contributed by atoms with Gasteiger partial charge in [0, 0.05) is 26.7 Å². The molecule has 0 saturated carbocycles. The highest BCUT2D eigenvalue weighted by Gasteiger charge is 2.05. The molecule has 102 valence electrons. The lowest BCUT2D eigenvalue weighted by atomic mass is 10.5. The van der Waals surface area contributed by atoms with E-state index in [1.54, 1.807) is 7.11 Å². The molecular weight excluding hydrogens is 256 g/mol. The molecule has 0 aromatic carbocycles. The van der Waals surface area contributed by atoms with Gasteiger partial charge in [0.15, 0.2) is 5.82 Å². The van der Waals surface area contributed by atoms with Crippen molar-refractivity contribution in [2.24, 2.45) is 0 Å². The normalized spacial score (nSPS) is 10.7. The van der Waals surface area contributed by atoms with Crippen molar-refractivity contribution in [1.29, 1.82) is 0 Å². The highest BCUT2D eigenvalue weighted by molar-refractivity contribution is 6.32. The third kappa shape index (κ3) is 5.03. The molecule has 18 heavy (non-hydrogen) atoms. The summed E-state index contributed by atoms with van der Waals surface area (Å²) in [6, 6.07) is 0.301. The first-order valence-corrected chi connectivity index (χ1v) is 6.03. The van der Waals surface area contributed by atoms with Crippen LogP contribution in [0.25, 0.3) is 0 Å². The van der Waals surface area contributed by atoms with Crippen molar-refractivity contribution in [3.05, 3.63) is 11.2 Å². The molecule has 0 spiro atoms. The van der Waals surface area contributed by atoms with E-state index in [2.05, 4.69) is 20.2 Å². The molecule has 1 aromatic heterocycles. The van der Waals surface area contributed by atoms with E-state index >= 15 is 0 Å². The van der Waals surface area contributed by atoms with Gasteiger partial charge in [-0.15, -0.1) is 0 Å². The zero-order chi connectivity index (χ0) is 13.4. The van der Waals surface area contributed by atoms with Crippen LogP contribution in [0.2, 0.25) is 5.02 Å². The zero-order valence-corrected chi connectivity index (χ0v) is 11.7. The average Bonchev–Trinajstić information content (AvgIpc) is 2.38. The van der Waals surface area contributed by atoms with E-state index in [0.29, 0.717) is 16.9 Å². The summed E-state index contributed by atoms with van der Waals surface area (Å²) in [5.41, 5.74) is 0. The van der Waals surface area contributed by atoms with Gasteiger partial charge in [0.1, 0.15) is 5.02 Å². The monoisotopic (exact) mass is 274 g/mol. The topological polar surface area (TPSA) is 59.5 Å². The molecule has 0 aliphatic heterocycles. The molecule has 1 heterocycles. The van der Waals surface area contributed by atoms with E-state index in [0.717, 1.165) is 26.2 Å². The van der Waals surface area contributed by atoms with E-state index in [9.17, 15) is 0 Å². The second-order valence-corrected chi connectivity index (χ2v) is 4.18. The summed E-state index contributed by atoms with van der Waals surface area (Å²) in [5, 5.41) is 3.63. The molecule has 0 aliphatic carbocycles. The number of hydrogen-bond donors (Lipinski definition) is 1. The van der Waals surface area contributed by atoms with Gasteiger partial charge < -0.3 is 19.7 Å². The fourth-order valence-electron chi connectivity index (χ4n) is 1.30. The summed E-state index contributed by atoms with van der Waals surface area (Å²) in [6.45, 7) is 3.21. The maximum atomic E-state index is 5.98. The summed E-state index contributed by atoms with van der Waals surface area (Å²) in [4.78, 5) is 10.2. The maximum absolute atomic E-state index is 5.98. The van der Waals surface area contributed by atoms with Crippen molar-refractivity contribution in [1.82, 2.24) is 14.9 Å². The first kappa shape index (κ1) is 14.9. The minimum Gasteiger partial charge on any atom is -0.467 e. The Hall–Kier alpha value is -1.11. The van der Waals surface area contributed by atoms with Crippen molar-refractivity contribution < 1.29 is 9.47 Å². The molecule has 0 radical (unpaired) electrons. The van der Waals surface area contributed by atoms with Crippen molar-refractivity contribution in [2.75, 3.05) is 52.8 Å². The van der Waals surface area contributed by atoms with Crippen LogP contribution in [0.5, 0.6) is 6.01 Å². The third-order valence-electron chi connectivity index (χ3n) is 2.37. The smallest absolute Gasteiger partial charge is 0.318 e. The highest BCUT2D eigenvalue weighted by atomic mass is 35.5. The van der Waals surface area contributed by atoms with Gasteiger partial charge in [-0.05, 0) is 7.05 Å². The lowest BCUT2D eigenvalue weighted by Crippen LogP contribution is -2.28. The van der Waals surface area contributed by atoms with Crippen LogP contribution in [-0.4, -0.2) is 62.4 Å². The van der Waals surface area contributed by atoms with Crippen molar-refractivity contribution in [3.8, 4) is 6.01 Å². The number of ether oxygens (including phenoxy) is 2. The molecule has 1 N–H and O–H groups in total. The van der Waals surface area contributed by atoms with Crippen molar-refractivity contribution in [3.63, 3.8) is 0 Å². The number of methoxy groups -OCH3 is 2. The molecule has 0 fully saturated rings. The predicted molar refractivity (Wildman–Crippen MR) is 71.5 cm³/mol. The number of nitrogens with zero attached hydrogens (tertiary/aromatic N) is 3. The van der Waals surface area contributed by atoms with Crippen molar-refractivity contribution >= 4 is 17.4 Å². The number of rotatable bonds is 8. The van der Waals surface area contributed by atoms with E-state index in [-0.39, 0.29) is 0 Å². The van der Waals surface area contributed by atoms with Crippen LogP contribution in [0.4, 0.5) is 5.82 Å². The van der Waals surface area contributed by atoms with E-state index in [4.69, 9.17) is 21.1 Å². The summed E-state index contributed by atoms with van der Waals surface area (Å²) in [7, 11) is 5.24. The fraction of sp³-hybridized carbons (Fsp3) is 0.636. The number of halogens is 1. The Morgan fingerprint density at radius 2 is 2.17 bits per heavy atom. The van der Waals surface area contributed by atoms with Crippen LogP contribution in [0, 0.1) is 0 Å². The minimum atomic E-state index is 0.301. The largest absolute Gasteiger partial charge is 0.467 e. The molecule has 0 aliphatic rings. The van der Waals surface area contributed by atoms with Gasteiger partial charge >= 0.3 is 6.01 Å². The summed E-state index contributed by atoms with van der Waals surface area (Å²) in [5.74, 6) is 0.587. The molecule has 7 heteroatoms. The lowest BCUT2D eigenvalue weighted by Gasteiger charge is -2.16. The molecule has 0 saturated heterocycles. The Kier molecular flexibility index (Phi) is 6.70. The second kappa shape index (κ2) is 8.07. The quantitative estimate of drug-likeness (QED) is 0.767. The van der Waals surface area contributed by atoms with E-state index < -0.39 is 0 Å². The Bertz CT molecular complexity index is 365. The zero-order valence-electron chi connectivity index (χ0n) is 10.9. The van der Waals surface area contributed by atoms with Crippen LogP contribution in [-0.2, 0) is 4.74 Å². The molecule has 1 rings (SSSR count). The standard InChI is InChI=1S/C11H19ClN4O2/c1-16(6-7-17-2)5-4-13-10-9(12)8-14-11(15-10)18-3/h8H,4-7H2,1-3H3,(H,13,14,15). The molecule has 1 aromatic rings. The van der Waals surface area contributed by atoms with Gasteiger partial charge in [-0.2, -0.15) is 4.98 Å². The Morgan fingerprint density at radius 3 is 2.83 bits per heavy atom. The SMILES string of the molecule is COCCN(C)CCNc1nc(OC)ncc1Cl. The van der Waals surface area contributed by atoms with E-state index in [1.807, 2.05) is 7.05 Å². The summed E-state index contributed by atoms with van der Waals surface area (Å²) < 4.78 is 9.95. The van der Waals surface area contributed by atoms with Crippen LogP contribution < -0.4 is 10.1 Å². The predicted octanol–water partition coefficient (Wildman–Crippen LogP) is 1.13. The van der Waals surface area contributed by atoms with Crippen LogP contribution in [0.3, 0.4) is 0 Å². The minimum absolute atomic E-state index is 0.301. The van der Waals surface area contributed by atoms with Gasteiger partial charge in [-0.1, -0.05) is 11.6 Å². The number of likely N-dealkylation sites (N-methyl/N-ethyl adjacent to an activating group) is 1.